The quantitative estimate of drug-likeness (QED) is 0.780. The van der Waals surface area contributed by atoms with Gasteiger partial charge >= 0.3 is 5.97 Å². The first kappa shape index (κ1) is 15.5. The first-order valence-electron chi connectivity index (χ1n) is 6.74. The Kier molecular flexibility index (Phi) is 5.92. The Bertz CT molecular complexity index is 547. The number of benzene rings is 1. The first-order chi connectivity index (χ1) is 10.7. The molecule has 6 nitrogen and oxygen atoms in total. The molecule has 1 N–H and O–H groups in total. The summed E-state index contributed by atoms with van der Waals surface area (Å²) in [6, 6.07) is 14.3. The summed E-state index contributed by atoms with van der Waals surface area (Å²) in [5.41, 5.74) is 0.648. The van der Waals surface area contributed by atoms with Gasteiger partial charge in [-0.2, -0.15) is 0 Å². The average Bonchev–Trinajstić information content (AvgIpc) is 2.58. The van der Waals surface area contributed by atoms with Crippen molar-refractivity contribution in [3.05, 3.63) is 60.4 Å². The number of esters is 1. The maximum absolute atomic E-state index is 11.5. The standard InChI is InChI=1S/C16H16N2O4/c19-15(12-21-14-7-2-1-3-8-14)18-10-16(20)22-11-13-6-4-5-9-17-13/h1-9H,10-12H2,(H,18,19). The summed E-state index contributed by atoms with van der Waals surface area (Å²) in [6.07, 6.45) is 1.62. The molecular formula is C16H16N2O4. The number of rotatable bonds is 7. The fourth-order valence-electron chi connectivity index (χ4n) is 1.58. The molecule has 22 heavy (non-hydrogen) atoms. The first-order valence-corrected chi connectivity index (χ1v) is 6.74. The summed E-state index contributed by atoms with van der Waals surface area (Å²) < 4.78 is 10.2. The number of pyridine rings is 1. The van der Waals surface area contributed by atoms with E-state index in [0.717, 1.165) is 0 Å². The lowest BCUT2D eigenvalue weighted by atomic mass is 10.3. The third kappa shape index (κ3) is 5.62. The number of hydrogen-bond acceptors (Lipinski definition) is 5. The number of nitrogens with zero attached hydrogens (tertiary/aromatic N) is 1. The minimum Gasteiger partial charge on any atom is -0.484 e. The molecule has 0 saturated heterocycles. The zero-order chi connectivity index (χ0) is 15.6. The molecule has 0 radical (unpaired) electrons. The molecule has 0 aliphatic rings. The number of carbonyl (C=O) groups excluding carboxylic acids is 2. The highest BCUT2D eigenvalue weighted by molar-refractivity contribution is 5.82. The lowest BCUT2D eigenvalue weighted by molar-refractivity contribution is -0.145. The van der Waals surface area contributed by atoms with Gasteiger partial charge in [0.15, 0.2) is 6.61 Å². The van der Waals surface area contributed by atoms with Crippen LogP contribution in [0.3, 0.4) is 0 Å². The molecule has 0 atom stereocenters. The predicted molar refractivity (Wildman–Crippen MR) is 79.0 cm³/mol. The second-order valence-electron chi connectivity index (χ2n) is 4.36. The Morgan fingerprint density at radius 1 is 1.05 bits per heavy atom. The average molecular weight is 300 g/mol. The lowest BCUT2D eigenvalue weighted by Gasteiger charge is -2.07. The highest BCUT2D eigenvalue weighted by Gasteiger charge is 2.07. The van der Waals surface area contributed by atoms with E-state index in [2.05, 4.69) is 10.3 Å². The minimum absolute atomic E-state index is 0.0794. The number of nitrogens with one attached hydrogen (secondary N) is 1. The molecule has 114 valence electrons. The van der Waals surface area contributed by atoms with Crippen LogP contribution in [0.4, 0.5) is 0 Å². The van der Waals surface area contributed by atoms with E-state index < -0.39 is 11.9 Å². The summed E-state index contributed by atoms with van der Waals surface area (Å²) in [6.45, 7) is -0.280. The molecule has 1 heterocycles. The predicted octanol–water partition coefficient (Wildman–Crippen LogP) is 1.32. The molecule has 0 aliphatic heterocycles. The fourth-order valence-corrected chi connectivity index (χ4v) is 1.58. The molecule has 1 amide bonds. The van der Waals surface area contributed by atoms with Crippen molar-refractivity contribution in [1.82, 2.24) is 10.3 Å². The van der Waals surface area contributed by atoms with Gasteiger partial charge in [0, 0.05) is 6.20 Å². The van der Waals surface area contributed by atoms with Crippen LogP contribution < -0.4 is 10.1 Å². The summed E-state index contributed by atoms with van der Waals surface area (Å²) in [5, 5.41) is 2.43. The third-order valence-corrected chi connectivity index (χ3v) is 2.65. The molecule has 2 rings (SSSR count). The van der Waals surface area contributed by atoms with Gasteiger partial charge in [0.2, 0.25) is 0 Å². The Balaban J connectivity index is 1.62. The molecule has 0 unspecified atom stereocenters. The molecule has 6 heteroatoms. The molecular weight excluding hydrogens is 284 g/mol. The molecule has 1 aromatic carbocycles. The van der Waals surface area contributed by atoms with E-state index in [1.807, 2.05) is 18.2 Å². The SMILES string of the molecule is O=C(COc1ccccc1)NCC(=O)OCc1ccccn1. The van der Waals surface area contributed by atoms with E-state index in [-0.39, 0.29) is 19.8 Å². The molecule has 0 aliphatic carbocycles. The number of para-hydroxylation sites is 1. The number of ether oxygens (including phenoxy) is 2. The van der Waals surface area contributed by atoms with Crippen molar-refractivity contribution in [3.8, 4) is 5.75 Å². The maximum Gasteiger partial charge on any atom is 0.325 e. The Morgan fingerprint density at radius 3 is 2.55 bits per heavy atom. The van der Waals surface area contributed by atoms with E-state index in [1.165, 1.54) is 0 Å². The van der Waals surface area contributed by atoms with Crippen LogP contribution in [-0.4, -0.2) is 30.0 Å². The van der Waals surface area contributed by atoms with E-state index in [1.54, 1.807) is 36.5 Å². The Morgan fingerprint density at radius 2 is 1.82 bits per heavy atom. The Labute approximate surface area is 128 Å². The number of amides is 1. The van der Waals surface area contributed by atoms with Crippen LogP contribution in [-0.2, 0) is 20.9 Å². The van der Waals surface area contributed by atoms with Crippen molar-refractivity contribution >= 4 is 11.9 Å². The smallest absolute Gasteiger partial charge is 0.325 e. The molecule has 0 bridgehead atoms. The highest BCUT2D eigenvalue weighted by atomic mass is 16.5. The molecule has 1 aromatic heterocycles. The van der Waals surface area contributed by atoms with E-state index in [4.69, 9.17) is 9.47 Å². The maximum atomic E-state index is 11.5. The van der Waals surface area contributed by atoms with E-state index in [9.17, 15) is 9.59 Å². The van der Waals surface area contributed by atoms with Crippen LogP contribution in [0.25, 0.3) is 0 Å². The highest BCUT2D eigenvalue weighted by Crippen LogP contribution is 2.07. The second-order valence-corrected chi connectivity index (χ2v) is 4.36. The van der Waals surface area contributed by atoms with E-state index in [0.29, 0.717) is 11.4 Å². The topological polar surface area (TPSA) is 77.5 Å². The van der Waals surface area contributed by atoms with Crippen LogP contribution in [0.1, 0.15) is 5.69 Å². The number of hydrogen-bond donors (Lipinski definition) is 1. The van der Waals surface area contributed by atoms with Gasteiger partial charge in [0.1, 0.15) is 18.9 Å². The molecule has 2 aromatic rings. The van der Waals surface area contributed by atoms with Gasteiger partial charge < -0.3 is 14.8 Å². The van der Waals surface area contributed by atoms with Crippen LogP contribution >= 0.6 is 0 Å². The molecule has 0 spiro atoms. The summed E-state index contributed by atoms with van der Waals surface area (Å²) in [5.74, 6) is -0.326. The lowest BCUT2D eigenvalue weighted by Crippen LogP contribution is -2.34. The van der Waals surface area contributed by atoms with Crippen molar-refractivity contribution in [2.24, 2.45) is 0 Å². The van der Waals surface area contributed by atoms with Crippen molar-refractivity contribution < 1.29 is 19.1 Å². The molecule has 0 saturated carbocycles. The number of carbonyl (C=O) groups is 2. The summed E-state index contributed by atoms with van der Waals surface area (Å²) >= 11 is 0. The van der Waals surface area contributed by atoms with Gasteiger partial charge in [-0.25, -0.2) is 0 Å². The normalized spacial score (nSPS) is 9.82. The minimum atomic E-state index is -0.529. The van der Waals surface area contributed by atoms with Crippen LogP contribution in [0, 0.1) is 0 Å². The fraction of sp³-hybridized carbons (Fsp3) is 0.188. The van der Waals surface area contributed by atoms with E-state index >= 15 is 0 Å². The zero-order valence-electron chi connectivity index (χ0n) is 11.9. The largest absolute Gasteiger partial charge is 0.484 e. The van der Waals surface area contributed by atoms with Gasteiger partial charge in [-0.15, -0.1) is 0 Å². The summed E-state index contributed by atoms with van der Waals surface area (Å²) in [4.78, 5) is 27.1. The van der Waals surface area contributed by atoms with Crippen LogP contribution in [0.5, 0.6) is 5.75 Å². The monoisotopic (exact) mass is 300 g/mol. The van der Waals surface area contributed by atoms with Gasteiger partial charge in [-0.3, -0.25) is 14.6 Å². The van der Waals surface area contributed by atoms with Crippen molar-refractivity contribution in [1.29, 1.82) is 0 Å². The van der Waals surface area contributed by atoms with Crippen molar-refractivity contribution in [2.75, 3.05) is 13.2 Å². The second kappa shape index (κ2) is 8.41. The van der Waals surface area contributed by atoms with Crippen molar-refractivity contribution in [3.63, 3.8) is 0 Å². The summed E-state index contributed by atoms with van der Waals surface area (Å²) in [7, 11) is 0. The van der Waals surface area contributed by atoms with Crippen LogP contribution in [0.2, 0.25) is 0 Å². The van der Waals surface area contributed by atoms with Crippen LogP contribution in [0.15, 0.2) is 54.7 Å². The Hall–Kier alpha value is -2.89. The third-order valence-electron chi connectivity index (χ3n) is 2.65. The number of aromatic nitrogens is 1. The van der Waals surface area contributed by atoms with Gasteiger partial charge in [-0.05, 0) is 24.3 Å². The molecule has 0 fully saturated rings. The van der Waals surface area contributed by atoms with Gasteiger partial charge in [0.05, 0.1) is 5.69 Å². The van der Waals surface area contributed by atoms with Gasteiger partial charge in [0.25, 0.3) is 5.91 Å². The van der Waals surface area contributed by atoms with Crippen molar-refractivity contribution in [2.45, 2.75) is 6.61 Å². The zero-order valence-corrected chi connectivity index (χ0v) is 11.9. The van der Waals surface area contributed by atoms with Gasteiger partial charge in [-0.1, -0.05) is 24.3 Å².